The van der Waals surface area contributed by atoms with Crippen LogP contribution in [0.15, 0.2) is 36.5 Å². The van der Waals surface area contributed by atoms with Gasteiger partial charge in [0.15, 0.2) is 11.4 Å². The lowest BCUT2D eigenvalue weighted by Crippen LogP contribution is -2.16. The lowest BCUT2D eigenvalue weighted by molar-refractivity contribution is -0.123. The van der Waals surface area contributed by atoms with Crippen molar-refractivity contribution in [1.29, 1.82) is 0 Å². The van der Waals surface area contributed by atoms with Gasteiger partial charge in [0.05, 0.1) is 12.8 Å². The first-order chi connectivity index (χ1) is 29.8. The van der Waals surface area contributed by atoms with Crippen molar-refractivity contribution in [3.05, 3.63) is 47.8 Å². The largest absolute Gasteiger partial charge is 0.496 e. The molecule has 6 heteroatoms. The first-order valence-corrected chi connectivity index (χ1v) is 25.9. The average molecular weight is 858 g/mol. The van der Waals surface area contributed by atoms with Gasteiger partial charge in [0.2, 0.25) is 0 Å². The summed E-state index contributed by atoms with van der Waals surface area (Å²) in [4.78, 5) is 28.1. The molecule has 352 valence electrons. The molecule has 0 saturated heterocycles. The van der Waals surface area contributed by atoms with Crippen LogP contribution in [0.1, 0.15) is 233 Å². The molecule has 1 aromatic carbocycles. The summed E-state index contributed by atoms with van der Waals surface area (Å²) in [6.07, 6.45) is 32.4. The summed E-state index contributed by atoms with van der Waals surface area (Å²) in [7, 11) is 1.66. The van der Waals surface area contributed by atoms with Gasteiger partial charge in [-0.25, -0.2) is 9.50 Å². The Morgan fingerprint density at radius 2 is 1.34 bits per heavy atom. The Morgan fingerprint density at radius 3 is 1.84 bits per heavy atom. The minimum absolute atomic E-state index is 0.0402. The number of carbonyl (C=O) groups excluding carboxylic acids is 2. The number of methoxy groups -OCH3 is 1. The number of ketones is 2. The van der Waals surface area contributed by atoms with Crippen molar-refractivity contribution in [2.45, 2.75) is 224 Å². The number of ether oxygens (including phenoxy) is 1. The number of fused-ring (bicyclic) bond motifs is 1. The summed E-state index contributed by atoms with van der Waals surface area (Å²) in [6.45, 7) is 24.3. The van der Waals surface area contributed by atoms with Gasteiger partial charge in [-0.3, -0.25) is 9.59 Å². The lowest BCUT2D eigenvalue weighted by atomic mass is 9.80. The second-order valence-electron chi connectivity index (χ2n) is 19.8. The van der Waals surface area contributed by atoms with Crippen LogP contribution in [-0.4, -0.2) is 33.3 Å². The van der Waals surface area contributed by atoms with Gasteiger partial charge in [0.1, 0.15) is 17.2 Å². The Labute approximate surface area is 382 Å². The first kappa shape index (κ1) is 55.1. The molecule has 0 spiro atoms. The van der Waals surface area contributed by atoms with E-state index in [2.05, 4.69) is 65.5 Å². The van der Waals surface area contributed by atoms with Crippen LogP contribution in [0.5, 0.6) is 5.75 Å². The number of hydrogen-bond donors (Lipinski definition) is 0. The maximum Gasteiger partial charge on any atom is 0.185 e. The van der Waals surface area contributed by atoms with Gasteiger partial charge in [-0.2, -0.15) is 5.10 Å². The molecule has 2 aromatic heterocycles. The fraction of sp³-hybridized carbons (Fsp3) is 0.750. The van der Waals surface area contributed by atoms with Crippen LogP contribution < -0.4 is 4.74 Å². The van der Waals surface area contributed by atoms with E-state index in [-0.39, 0.29) is 11.7 Å². The number of rotatable bonds is 19. The van der Waals surface area contributed by atoms with Gasteiger partial charge < -0.3 is 4.74 Å². The van der Waals surface area contributed by atoms with E-state index in [4.69, 9.17) is 4.74 Å². The predicted molar refractivity (Wildman–Crippen MR) is 266 cm³/mol. The van der Waals surface area contributed by atoms with Crippen LogP contribution in [0, 0.1) is 48.3 Å². The van der Waals surface area contributed by atoms with E-state index in [1.54, 1.807) is 23.9 Å². The summed E-state index contributed by atoms with van der Waals surface area (Å²) >= 11 is 0. The van der Waals surface area contributed by atoms with E-state index in [1.165, 1.54) is 128 Å². The van der Waals surface area contributed by atoms with Gasteiger partial charge in [0.25, 0.3) is 0 Å². The highest BCUT2D eigenvalue weighted by Crippen LogP contribution is 2.32. The minimum Gasteiger partial charge on any atom is -0.496 e. The Morgan fingerprint density at radius 1 is 0.726 bits per heavy atom. The second kappa shape index (κ2) is 31.8. The fourth-order valence-electron chi connectivity index (χ4n) is 8.55. The average Bonchev–Trinajstić information content (AvgIpc) is 3.70. The molecule has 0 N–H and O–H groups in total. The van der Waals surface area contributed by atoms with Crippen molar-refractivity contribution in [1.82, 2.24) is 14.6 Å². The van der Waals surface area contributed by atoms with Crippen LogP contribution >= 0.6 is 0 Å². The molecule has 62 heavy (non-hydrogen) atoms. The standard InChI is InChI=1S/C19H21N3O2.C11H22.C11H24.C10H18O.C5H10/c1-5-12(2)19(23)15-11-18-20-9-8-16(22(18)21-15)14-6-7-17(24-4)13(3)10-14;1-3-5-10(2)8-9-11-6-4-7-11;1-5-7-11(4)9-8-10(3)6-2;1-2-6-10(11)9-7-4-3-5-8-9;1-5-3-2-4-5/h6-12H,5H2,1-4H3;10-11H,3-9H2,1-2H3;10-11H,5-9H2,1-4H3;9H,2-8H2,1H3;5H,2-4H2,1H3. The third-order valence-corrected chi connectivity index (χ3v) is 14.0. The molecular formula is C56H95N3O3. The molecule has 6 nitrogen and oxygen atoms in total. The summed E-state index contributed by atoms with van der Waals surface area (Å²) in [5.41, 5.74) is 4.09. The van der Waals surface area contributed by atoms with E-state index in [9.17, 15) is 9.59 Å². The predicted octanol–water partition coefficient (Wildman–Crippen LogP) is 16.9. The molecule has 0 bridgehead atoms. The van der Waals surface area contributed by atoms with Gasteiger partial charge in [-0.05, 0) is 92.0 Å². The van der Waals surface area contributed by atoms with Gasteiger partial charge in [0, 0.05) is 36.1 Å². The van der Waals surface area contributed by atoms with E-state index in [1.807, 2.05) is 45.0 Å². The summed E-state index contributed by atoms with van der Waals surface area (Å²) in [5, 5.41) is 4.50. The second-order valence-corrected chi connectivity index (χ2v) is 19.8. The molecule has 3 saturated carbocycles. The monoisotopic (exact) mass is 858 g/mol. The number of carbonyl (C=O) groups is 2. The molecule has 3 aromatic rings. The summed E-state index contributed by atoms with van der Waals surface area (Å²) in [5.74, 6) is 6.88. The van der Waals surface area contributed by atoms with E-state index in [0.29, 0.717) is 23.0 Å². The first-order valence-electron chi connectivity index (χ1n) is 25.9. The SMILES string of the molecule is CC1CCC1.CCC(C)C(=O)c1cc2nccc(-c3ccc(OC)c(C)c3)n2n1.CCCC(=O)C1CCCCC1.CCCC(C)CCC(C)CC.CCCC(C)CCC1CCC1. The normalized spacial score (nSPS) is 17.1. The quantitative estimate of drug-likeness (QED) is 0.112. The van der Waals surface area contributed by atoms with Crippen molar-refractivity contribution in [3.63, 3.8) is 0 Å². The van der Waals surface area contributed by atoms with E-state index in [0.717, 1.165) is 71.4 Å². The third-order valence-electron chi connectivity index (χ3n) is 14.0. The van der Waals surface area contributed by atoms with Crippen LogP contribution in [0.2, 0.25) is 0 Å². The maximum atomic E-state index is 12.4. The highest BCUT2D eigenvalue weighted by Gasteiger charge is 2.21. The Hall–Kier alpha value is -3.02. The van der Waals surface area contributed by atoms with E-state index >= 15 is 0 Å². The Balaban J connectivity index is 0.000000294. The zero-order valence-corrected chi connectivity index (χ0v) is 42.3. The lowest BCUT2D eigenvalue weighted by Gasteiger charge is -2.26. The zero-order chi connectivity index (χ0) is 45.9. The number of nitrogens with zero attached hydrogens (tertiary/aromatic N) is 3. The van der Waals surface area contributed by atoms with E-state index < -0.39 is 0 Å². The molecule has 3 aliphatic rings. The molecule has 6 rings (SSSR count). The molecule has 0 radical (unpaired) electrons. The molecule has 3 fully saturated rings. The van der Waals surface area contributed by atoms with Crippen LogP contribution in [0.3, 0.4) is 0 Å². The molecular weight excluding hydrogens is 763 g/mol. The number of Topliss-reactive ketones (excluding diaryl/α,β-unsaturated/α-hetero) is 2. The van der Waals surface area contributed by atoms with Crippen LogP contribution in [0.25, 0.3) is 16.9 Å². The summed E-state index contributed by atoms with van der Waals surface area (Å²) < 4.78 is 7.05. The number of aromatic nitrogens is 3. The van der Waals surface area contributed by atoms with Crippen molar-refractivity contribution in [3.8, 4) is 17.0 Å². The zero-order valence-electron chi connectivity index (χ0n) is 42.3. The summed E-state index contributed by atoms with van der Waals surface area (Å²) in [6, 6.07) is 9.63. The molecule has 3 aliphatic carbocycles. The Kier molecular flexibility index (Phi) is 28.2. The van der Waals surface area contributed by atoms with Gasteiger partial charge in [-0.15, -0.1) is 0 Å². The highest BCUT2D eigenvalue weighted by atomic mass is 16.5. The molecule has 0 amide bonds. The maximum absolute atomic E-state index is 12.4. The van der Waals surface area contributed by atoms with Crippen LogP contribution in [0.4, 0.5) is 0 Å². The molecule has 0 aliphatic heterocycles. The topological polar surface area (TPSA) is 73.6 Å². The van der Waals surface area contributed by atoms with Crippen molar-refractivity contribution < 1.29 is 14.3 Å². The minimum atomic E-state index is -0.0402. The third kappa shape index (κ3) is 20.7. The molecule has 4 unspecified atom stereocenters. The smallest absolute Gasteiger partial charge is 0.185 e. The van der Waals surface area contributed by atoms with Crippen LogP contribution in [-0.2, 0) is 4.79 Å². The van der Waals surface area contributed by atoms with Crippen molar-refractivity contribution in [2.24, 2.45) is 41.4 Å². The fourth-order valence-corrected chi connectivity index (χ4v) is 8.55. The molecule has 2 heterocycles. The number of hydrogen-bond acceptors (Lipinski definition) is 5. The van der Waals surface area contributed by atoms with Crippen molar-refractivity contribution >= 4 is 17.2 Å². The van der Waals surface area contributed by atoms with Crippen molar-refractivity contribution in [2.75, 3.05) is 7.11 Å². The van der Waals surface area contributed by atoms with Gasteiger partial charge in [-0.1, -0.05) is 185 Å². The number of benzene rings is 1. The number of aryl methyl sites for hydroxylation is 1. The Bertz CT molecular complexity index is 1620. The van der Waals surface area contributed by atoms with Gasteiger partial charge >= 0.3 is 0 Å². The molecule has 4 atom stereocenters. The highest BCUT2D eigenvalue weighted by molar-refractivity contribution is 5.96.